The van der Waals surface area contributed by atoms with Gasteiger partial charge in [0.2, 0.25) is 0 Å². The Balaban J connectivity index is 1.37. The number of rotatable bonds is 6. The SMILES string of the molecule is Brc1cc(-c2cc(-c3ccccc3)cc(-c3ccccc3)c2)c(Br)cc1-c1cc(-c2ccccc2)cc(-c2ccccc2)c1. The quantitative estimate of drug-likeness (QED) is 0.163. The van der Waals surface area contributed by atoms with E-state index in [0.29, 0.717) is 0 Å². The van der Waals surface area contributed by atoms with Gasteiger partial charge < -0.3 is 0 Å². The van der Waals surface area contributed by atoms with E-state index in [0.717, 1.165) is 31.2 Å². The van der Waals surface area contributed by atoms with Crippen LogP contribution < -0.4 is 0 Å². The molecule has 0 heterocycles. The fourth-order valence-electron chi connectivity index (χ4n) is 5.74. The molecule has 0 atom stereocenters. The first-order valence-corrected chi connectivity index (χ1v) is 16.2. The molecule has 0 radical (unpaired) electrons. The molecule has 7 aromatic carbocycles. The van der Waals surface area contributed by atoms with Crippen LogP contribution in [0, 0.1) is 0 Å². The van der Waals surface area contributed by atoms with Crippen molar-refractivity contribution in [3.8, 4) is 66.8 Å². The van der Waals surface area contributed by atoms with Gasteiger partial charge in [-0.05, 0) is 115 Å². The van der Waals surface area contributed by atoms with E-state index in [1.807, 2.05) is 0 Å². The highest BCUT2D eigenvalue weighted by Crippen LogP contribution is 2.42. The van der Waals surface area contributed by atoms with Crippen LogP contribution in [0.2, 0.25) is 0 Å². The first-order chi connectivity index (χ1) is 21.6. The minimum absolute atomic E-state index is 1.05. The molecule has 0 bridgehead atoms. The molecule has 44 heavy (non-hydrogen) atoms. The summed E-state index contributed by atoms with van der Waals surface area (Å²) in [6.07, 6.45) is 0. The van der Waals surface area contributed by atoms with E-state index in [1.54, 1.807) is 0 Å². The Morgan fingerprint density at radius 3 is 0.705 bits per heavy atom. The molecule has 0 saturated carbocycles. The standard InChI is InChI=1S/C42H28Br2/c43-41-28-40(38-25-35(31-17-9-3-10-18-31)22-36(26-38)32-19-11-4-12-20-32)42(44)27-39(41)37-23-33(29-13-5-1-6-14-29)21-34(24-37)30-15-7-2-8-16-30/h1-28H. The van der Waals surface area contributed by atoms with Crippen molar-refractivity contribution in [3.05, 3.63) is 179 Å². The molecule has 0 N–H and O–H groups in total. The number of hydrogen-bond donors (Lipinski definition) is 0. The van der Waals surface area contributed by atoms with Crippen LogP contribution >= 0.6 is 31.9 Å². The van der Waals surface area contributed by atoms with Gasteiger partial charge in [-0.15, -0.1) is 0 Å². The van der Waals surface area contributed by atoms with E-state index in [2.05, 4.69) is 202 Å². The maximum atomic E-state index is 3.98. The minimum atomic E-state index is 1.05. The fourth-order valence-corrected chi connectivity index (χ4v) is 6.89. The lowest BCUT2D eigenvalue weighted by Gasteiger charge is -2.16. The van der Waals surface area contributed by atoms with Crippen molar-refractivity contribution in [1.82, 2.24) is 0 Å². The Hall–Kier alpha value is -4.50. The average Bonchev–Trinajstić information content (AvgIpc) is 3.10. The Morgan fingerprint density at radius 2 is 0.455 bits per heavy atom. The topological polar surface area (TPSA) is 0 Å². The molecule has 0 amide bonds. The molecule has 210 valence electrons. The molecule has 0 aliphatic heterocycles. The molecule has 0 unspecified atom stereocenters. The second-order valence-corrected chi connectivity index (χ2v) is 12.6. The van der Waals surface area contributed by atoms with Gasteiger partial charge in [0.25, 0.3) is 0 Å². The third-order valence-corrected chi connectivity index (χ3v) is 9.29. The lowest BCUT2D eigenvalue weighted by atomic mass is 9.91. The Morgan fingerprint density at radius 1 is 0.227 bits per heavy atom. The summed E-state index contributed by atoms with van der Waals surface area (Å²) in [7, 11) is 0. The van der Waals surface area contributed by atoms with Crippen LogP contribution in [-0.2, 0) is 0 Å². The maximum Gasteiger partial charge on any atom is 0.0260 e. The van der Waals surface area contributed by atoms with Crippen molar-refractivity contribution in [1.29, 1.82) is 0 Å². The number of benzene rings is 7. The molecular weight excluding hydrogens is 664 g/mol. The molecule has 0 nitrogen and oxygen atoms in total. The second-order valence-electron chi connectivity index (χ2n) is 10.9. The van der Waals surface area contributed by atoms with Crippen LogP contribution in [0.25, 0.3) is 66.8 Å². The molecule has 7 aromatic rings. The molecule has 0 aromatic heterocycles. The summed E-state index contributed by atoms with van der Waals surface area (Å²) < 4.78 is 2.09. The maximum absolute atomic E-state index is 3.98. The predicted molar refractivity (Wildman–Crippen MR) is 194 cm³/mol. The predicted octanol–water partition coefficient (Wildman–Crippen LogP) is 13.2. The van der Waals surface area contributed by atoms with Gasteiger partial charge in [0.1, 0.15) is 0 Å². The average molecular weight is 692 g/mol. The Labute approximate surface area is 276 Å². The summed E-state index contributed by atoms with van der Waals surface area (Å²) in [5.74, 6) is 0. The van der Waals surface area contributed by atoms with Crippen molar-refractivity contribution in [2.45, 2.75) is 0 Å². The van der Waals surface area contributed by atoms with Gasteiger partial charge >= 0.3 is 0 Å². The Bertz CT molecular complexity index is 1780. The van der Waals surface area contributed by atoms with Crippen LogP contribution in [0.5, 0.6) is 0 Å². The third-order valence-electron chi connectivity index (χ3n) is 7.97. The zero-order valence-electron chi connectivity index (χ0n) is 23.9. The largest absolute Gasteiger partial charge is 0.0622 e. The molecule has 0 spiro atoms. The third kappa shape index (κ3) is 5.97. The first kappa shape index (κ1) is 28.3. The second kappa shape index (κ2) is 12.6. The van der Waals surface area contributed by atoms with E-state index in [-0.39, 0.29) is 0 Å². The van der Waals surface area contributed by atoms with Gasteiger partial charge in [0.05, 0.1) is 0 Å². The van der Waals surface area contributed by atoms with Gasteiger partial charge in [-0.1, -0.05) is 153 Å². The highest BCUT2D eigenvalue weighted by molar-refractivity contribution is 9.11. The van der Waals surface area contributed by atoms with Crippen LogP contribution in [0.3, 0.4) is 0 Å². The first-order valence-electron chi connectivity index (χ1n) is 14.6. The normalized spacial score (nSPS) is 11.0. The molecule has 0 saturated heterocycles. The van der Waals surface area contributed by atoms with Crippen molar-refractivity contribution in [3.63, 3.8) is 0 Å². The summed E-state index contributed by atoms with van der Waals surface area (Å²) >= 11 is 7.97. The van der Waals surface area contributed by atoms with E-state index >= 15 is 0 Å². The molecule has 2 heteroatoms. The highest BCUT2D eigenvalue weighted by atomic mass is 79.9. The van der Waals surface area contributed by atoms with Gasteiger partial charge in [-0.25, -0.2) is 0 Å². The molecular formula is C42H28Br2. The zero-order valence-corrected chi connectivity index (χ0v) is 27.1. The van der Waals surface area contributed by atoms with Crippen molar-refractivity contribution in [2.24, 2.45) is 0 Å². The van der Waals surface area contributed by atoms with E-state index in [4.69, 9.17) is 0 Å². The molecule has 0 fully saturated rings. The lowest BCUT2D eigenvalue weighted by Crippen LogP contribution is -1.90. The van der Waals surface area contributed by atoms with Crippen LogP contribution in [0.4, 0.5) is 0 Å². The lowest BCUT2D eigenvalue weighted by molar-refractivity contribution is 1.51. The Kier molecular flexibility index (Phi) is 8.11. The molecule has 0 aliphatic carbocycles. The monoisotopic (exact) mass is 690 g/mol. The summed E-state index contributed by atoms with van der Waals surface area (Å²) in [6, 6.07) is 60.6. The summed E-state index contributed by atoms with van der Waals surface area (Å²) in [4.78, 5) is 0. The van der Waals surface area contributed by atoms with Crippen molar-refractivity contribution >= 4 is 31.9 Å². The van der Waals surface area contributed by atoms with Crippen LogP contribution in [0.15, 0.2) is 179 Å². The molecule has 0 aliphatic rings. The summed E-state index contributed by atoms with van der Waals surface area (Å²) in [6.45, 7) is 0. The number of hydrogen-bond acceptors (Lipinski definition) is 0. The van der Waals surface area contributed by atoms with Gasteiger partial charge in [-0.2, -0.15) is 0 Å². The van der Waals surface area contributed by atoms with Crippen molar-refractivity contribution < 1.29 is 0 Å². The smallest absolute Gasteiger partial charge is 0.0260 e. The summed E-state index contributed by atoms with van der Waals surface area (Å²) in [5.41, 5.74) is 14.2. The van der Waals surface area contributed by atoms with E-state index in [9.17, 15) is 0 Å². The van der Waals surface area contributed by atoms with Crippen LogP contribution in [0.1, 0.15) is 0 Å². The van der Waals surface area contributed by atoms with Crippen molar-refractivity contribution in [2.75, 3.05) is 0 Å². The van der Waals surface area contributed by atoms with E-state index in [1.165, 1.54) is 44.5 Å². The van der Waals surface area contributed by atoms with Gasteiger partial charge in [0, 0.05) is 8.95 Å². The summed E-state index contributed by atoms with van der Waals surface area (Å²) in [5, 5.41) is 0. The minimum Gasteiger partial charge on any atom is -0.0622 e. The van der Waals surface area contributed by atoms with Gasteiger partial charge in [-0.3, -0.25) is 0 Å². The highest BCUT2D eigenvalue weighted by Gasteiger charge is 2.15. The van der Waals surface area contributed by atoms with Gasteiger partial charge in [0.15, 0.2) is 0 Å². The molecule has 7 rings (SSSR count). The fraction of sp³-hybridized carbons (Fsp3) is 0. The zero-order chi connectivity index (χ0) is 29.9. The van der Waals surface area contributed by atoms with E-state index < -0.39 is 0 Å². The number of halogens is 2. The van der Waals surface area contributed by atoms with Crippen LogP contribution in [-0.4, -0.2) is 0 Å².